The number of tetrazole rings is 1. The monoisotopic (exact) mass is 292 g/mol. The van der Waals surface area contributed by atoms with Crippen molar-refractivity contribution in [3.05, 3.63) is 29.3 Å². The summed E-state index contributed by atoms with van der Waals surface area (Å²) in [7, 11) is 1.37. The van der Waals surface area contributed by atoms with E-state index >= 15 is 0 Å². The maximum Gasteiger partial charge on any atom is 0.318 e. The van der Waals surface area contributed by atoms with Crippen molar-refractivity contribution >= 4 is 17.7 Å². The van der Waals surface area contributed by atoms with Crippen molar-refractivity contribution in [3.8, 4) is 5.69 Å². The molecule has 1 heterocycles. The van der Waals surface area contributed by atoms with E-state index in [1.165, 1.54) is 24.4 Å². The number of esters is 1. The number of thioether (sulfide) groups is 1. The molecule has 0 aliphatic heterocycles. The van der Waals surface area contributed by atoms with Gasteiger partial charge in [-0.2, -0.15) is 4.68 Å². The van der Waals surface area contributed by atoms with Gasteiger partial charge in [0.15, 0.2) is 0 Å². The van der Waals surface area contributed by atoms with Gasteiger partial charge in [0.05, 0.1) is 12.8 Å². The summed E-state index contributed by atoms with van der Waals surface area (Å²) in [6, 6.07) is 6.03. The lowest BCUT2D eigenvalue weighted by atomic mass is 10.1. The molecule has 1 unspecified atom stereocenters. The maximum atomic E-state index is 11.5. The van der Waals surface area contributed by atoms with Gasteiger partial charge in [0.2, 0.25) is 5.16 Å². The van der Waals surface area contributed by atoms with Crippen molar-refractivity contribution in [1.82, 2.24) is 20.2 Å². The predicted molar refractivity (Wildman–Crippen MR) is 76.0 cm³/mol. The fraction of sp³-hybridized carbons (Fsp3) is 0.385. The summed E-state index contributed by atoms with van der Waals surface area (Å²) >= 11 is 1.27. The minimum Gasteiger partial charge on any atom is -0.468 e. The average molecular weight is 292 g/mol. The molecule has 0 radical (unpaired) electrons. The Morgan fingerprint density at radius 3 is 2.80 bits per heavy atom. The topological polar surface area (TPSA) is 69.9 Å². The Bertz CT molecular complexity index is 627. The Balaban J connectivity index is 2.31. The van der Waals surface area contributed by atoms with Crippen molar-refractivity contribution in [1.29, 1.82) is 0 Å². The summed E-state index contributed by atoms with van der Waals surface area (Å²) in [6.45, 7) is 5.80. The van der Waals surface area contributed by atoms with Crippen molar-refractivity contribution in [2.24, 2.45) is 0 Å². The van der Waals surface area contributed by atoms with E-state index in [4.69, 9.17) is 4.74 Å². The van der Waals surface area contributed by atoms with Gasteiger partial charge in [0.25, 0.3) is 0 Å². The third kappa shape index (κ3) is 2.98. The number of hydrogen-bond donors (Lipinski definition) is 0. The Kier molecular flexibility index (Phi) is 4.39. The lowest BCUT2D eigenvalue weighted by Crippen LogP contribution is -2.15. The summed E-state index contributed by atoms with van der Waals surface area (Å²) < 4.78 is 6.35. The minimum absolute atomic E-state index is 0.301. The first-order valence-corrected chi connectivity index (χ1v) is 7.01. The van der Waals surface area contributed by atoms with Gasteiger partial charge in [0.1, 0.15) is 5.25 Å². The van der Waals surface area contributed by atoms with E-state index in [1.54, 1.807) is 11.6 Å². The van der Waals surface area contributed by atoms with Crippen LogP contribution >= 0.6 is 11.8 Å². The van der Waals surface area contributed by atoms with Gasteiger partial charge in [0, 0.05) is 0 Å². The minimum atomic E-state index is -0.365. The van der Waals surface area contributed by atoms with E-state index in [1.807, 2.05) is 26.0 Å². The first-order valence-electron chi connectivity index (χ1n) is 6.13. The van der Waals surface area contributed by atoms with Crippen LogP contribution < -0.4 is 0 Å². The zero-order valence-corrected chi connectivity index (χ0v) is 12.6. The molecule has 0 bridgehead atoms. The van der Waals surface area contributed by atoms with Crippen LogP contribution in [0.25, 0.3) is 5.69 Å². The molecule has 1 aromatic heterocycles. The summed E-state index contributed by atoms with van der Waals surface area (Å²) in [4.78, 5) is 11.5. The number of carbonyl (C=O) groups is 1. The van der Waals surface area contributed by atoms with Crippen LogP contribution in [0.4, 0.5) is 0 Å². The number of carbonyl (C=O) groups excluding carboxylic acids is 1. The molecule has 6 nitrogen and oxygen atoms in total. The summed E-state index contributed by atoms with van der Waals surface area (Å²) in [5.74, 6) is -0.301. The van der Waals surface area contributed by atoms with Crippen LogP contribution in [-0.2, 0) is 9.53 Å². The van der Waals surface area contributed by atoms with Crippen molar-refractivity contribution < 1.29 is 9.53 Å². The average Bonchev–Trinajstić information content (AvgIpc) is 2.85. The number of nitrogens with zero attached hydrogens (tertiary/aromatic N) is 4. The molecular formula is C13H16N4O2S. The van der Waals surface area contributed by atoms with Gasteiger partial charge < -0.3 is 4.74 Å². The van der Waals surface area contributed by atoms with Gasteiger partial charge >= 0.3 is 5.97 Å². The number of benzene rings is 1. The summed E-state index contributed by atoms with van der Waals surface area (Å²) in [5.41, 5.74) is 3.15. The lowest BCUT2D eigenvalue weighted by molar-refractivity contribution is -0.139. The number of aromatic nitrogens is 4. The predicted octanol–water partition coefficient (Wildman–Crippen LogP) is 1.93. The van der Waals surface area contributed by atoms with Crippen LogP contribution in [0.2, 0.25) is 0 Å². The number of rotatable bonds is 4. The molecule has 0 amide bonds. The van der Waals surface area contributed by atoms with E-state index in [-0.39, 0.29) is 11.2 Å². The van der Waals surface area contributed by atoms with Crippen LogP contribution in [0.3, 0.4) is 0 Å². The molecule has 0 aliphatic carbocycles. The molecule has 0 saturated carbocycles. The molecule has 0 aliphatic rings. The molecule has 0 N–H and O–H groups in total. The van der Waals surface area contributed by atoms with Crippen LogP contribution in [0.5, 0.6) is 0 Å². The smallest absolute Gasteiger partial charge is 0.318 e. The van der Waals surface area contributed by atoms with Gasteiger partial charge in [-0.3, -0.25) is 4.79 Å². The third-order valence-electron chi connectivity index (χ3n) is 2.84. The highest BCUT2D eigenvalue weighted by molar-refractivity contribution is 8.00. The Hall–Kier alpha value is -1.89. The Labute approximate surface area is 121 Å². The molecule has 0 spiro atoms. The molecule has 1 aromatic carbocycles. The van der Waals surface area contributed by atoms with E-state index in [0.717, 1.165) is 11.3 Å². The highest BCUT2D eigenvalue weighted by Gasteiger charge is 2.20. The zero-order valence-electron chi connectivity index (χ0n) is 11.8. The van der Waals surface area contributed by atoms with Crippen LogP contribution in [-0.4, -0.2) is 38.5 Å². The summed E-state index contributed by atoms with van der Waals surface area (Å²) in [5, 5.41) is 11.9. The lowest BCUT2D eigenvalue weighted by Gasteiger charge is -2.10. The van der Waals surface area contributed by atoms with E-state index in [2.05, 4.69) is 21.6 Å². The number of methoxy groups -OCH3 is 1. The molecule has 20 heavy (non-hydrogen) atoms. The molecule has 106 valence electrons. The fourth-order valence-electron chi connectivity index (χ4n) is 1.82. The van der Waals surface area contributed by atoms with E-state index < -0.39 is 0 Å². The molecule has 0 fully saturated rings. The molecule has 2 aromatic rings. The molecule has 7 heteroatoms. The summed E-state index contributed by atoms with van der Waals surface area (Å²) in [6.07, 6.45) is 0. The molecule has 0 saturated heterocycles. The van der Waals surface area contributed by atoms with Crippen LogP contribution in [0.15, 0.2) is 23.4 Å². The number of ether oxygens (including phenoxy) is 1. The quantitative estimate of drug-likeness (QED) is 0.633. The van der Waals surface area contributed by atoms with Gasteiger partial charge in [-0.25, -0.2) is 0 Å². The van der Waals surface area contributed by atoms with Crippen molar-refractivity contribution in [2.45, 2.75) is 31.2 Å². The molecule has 2 rings (SSSR count). The van der Waals surface area contributed by atoms with Gasteiger partial charge in [-0.05, 0) is 42.8 Å². The standard InChI is InChI=1S/C13H16N4O2S/c1-8-5-6-11(9(2)7-8)17-13(14-15-16-17)20-10(3)12(18)19-4/h5-7,10H,1-4H3. The van der Waals surface area contributed by atoms with E-state index in [0.29, 0.717) is 5.16 Å². The van der Waals surface area contributed by atoms with Gasteiger partial charge in [-0.1, -0.05) is 29.5 Å². The second-order valence-electron chi connectivity index (χ2n) is 4.45. The zero-order chi connectivity index (χ0) is 14.7. The highest BCUT2D eigenvalue weighted by Crippen LogP contribution is 2.25. The normalized spacial score (nSPS) is 12.2. The van der Waals surface area contributed by atoms with E-state index in [9.17, 15) is 4.79 Å². The maximum absolute atomic E-state index is 11.5. The number of hydrogen-bond acceptors (Lipinski definition) is 6. The second-order valence-corrected chi connectivity index (χ2v) is 5.75. The SMILES string of the molecule is COC(=O)C(C)Sc1nnnn1-c1ccc(C)cc1C. The number of aryl methyl sites for hydroxylation is 2. The third-order valence-corrected chi connectivity index (χ3v) is 3.85. The first-order chi connectivity index (χ1) is 9.52. The van der Waals surface area contributed by atoms with Crippen LogP contribution in [0.1, 0.15) is 18.1 Å². The second kappa shape index (κ2) is 6.04. The van der Waals surface area contributed by atoms with Crippen molar-refractivity contribution in [3.63, 3.8) is 0 Å². The van der Waals surface area contributed by atoms with Gasteiger partial charge in [-0.15, -0.1) is 5.10 Å². The fourth-order valence-corrected chi connectivity index (χ4v) is 2.65. The largest absolute Gasteiger partial charge is 0.468 e. The molecular weight excluding hydrogens is 276 g/mol. The first kappa shape index (κ1) is 14.5. The molecule has 1 atom stereocenters. The van der Waals surface area contributed by atoms with Crippen molar-refractivity contribution in [2.75, 3.05) is 7.11 Å². The van der Waals surface area contributed by atoms with Crippen LogP contribution in [0, 0.1) is 13.8 Å². The highest BCUT2D eigenvalue weighted by atomic mass is 32.2. The Morgan fingerprint density at radius 1 is 1.40 bits per heavy atom. The Morgan fingerprint density at radius 2 is 2.15 bits per heavy atom.